The predicted molar refractivity (Wildman–Crippen MR) is 66.3 cm³/mol. The van der Waals surface area contributed by atoms with Crippen LogP contribution in [0.15, 0.2) is 41.9 Å². The number of aryl methyl sites for hydroxylation is 1. The number of rotatable bonds is 5. The first-order valence-corrected chi connectivity index (χ1v) is 6.94. The lowest BCUT2D eigenvalue weighted by Gasteiger charge is -2.03. The summed E-state index contributed by atoms with van der Waals surface area (Å²) in [5.74, 6) is 0. The van der Waals surface area contributed by atoms with Crippen LogP contribution in [-0.2, 0) is 23.5 Å². The fourth-order valence-corrected chi connectivity index (χ4v) is 2.47. The zero-order valence-electron chi connectivity index (χ0n) is 9.94. The highest BCUT2D eigenvalue weighted by Gasteiger charge is 2.15. The largest absolute Gasteiger partial charge is 0.339 e. The molecule has 0 bridgehead atoms. The maximum atomic E-state index is 11.8. The van der Waals surface area contributed by atoms with Crippen LogP contribution in [0.4, 0.5) is 0 Å². The number of imidazole rings is 1. The Morgan fingerprint density at radius 1 is 1.33 bits per heavy atom. The molecule has 0 aromatic carbocycles. The summed E-state index contributed by atoms with van der Waals surface area (Å²) in [5.41, 5.74) is 0.848. The Morgan fingerprint density at radius 3 is 2.78 bits per heavy atom. The van der Waals surface area contributed by atoms with Gasteiger partial charge in [-0.2, -0.15) is 0 Å². The molecule has 2 rings (SSSR count). The summed E-state index contributed by atoms with van der Waals surface area (Å²) in [7, 11) is -1.80. The average Bonchev–Trinajstić information content (AvgIpc) is 2.78. The molecule has 0 aliphatic rings. The van der Waals surface area contributed by atoms with E-state index in [9.17, 15) is 8.42 Å². The van der Waals surface area contributed by atoms with Gasteiger partial charge in [0.05, 0.1) is 6.33 Å². The van der Waals surface area contributed by atoms with E-state index in [0.717, 1.165) is 5.69 Å². The van der Waals surface area contributed by atoms with E-state index in [4.69, 9.17) is 0 Å². The Bertz CT molecular complexity index is 607. The summed E-state index contributed by atoms with van der Waals surface area (Å²) in [5, 5.41) is 0.0334. The van der Waals surface area contributed by atoms with Gasteiger partial charge in [0.25, 0.3) is 10.0 Å². The lowest BCUT2D eigenvalue weighted by molar-refractivity contribution is 0.578. The Hall–Kier alpha value is -1.73. The van der Waals surface area contributed by atoms with Crippen molar-refractivity contribution in [3.05, 3.63) is 42.6 Å². The predicted octanol–water partition coefficient (Wildman–Crippen LogP) is 0.336. The van der Waals surface area contributed by atoms with Gasteiger partial charge in [0.15, 0.2) is 5.03 Å². The van der Waals surface area contributed by atoms with Crippen molar-refractivity contribution < 1.29 is 8.42 Å². The number of aromatic nitrogens is 3. The molecule has 2 aromatic heterocycles. The fourth-order valence-electron chi connectivity index (χ4n) is 1.46. The molecule has 0 saturated heterocycles. The second-order valence-corrected chi connectivity index (χ2v) is 5.56. The number of sulfonamides is 1. The highest BCUT2D eigenvalue weighted by molar-refractivity contribution is 7.89. The first kappa shape index (κ1) is 12.7. The van der Waals surface area contributed by atoms with Gasteiger partial charge in [-0.15, -0.1) is 0 Å². The molecule has 0 spiro atoms. The van der Waals surface area contributed by atoms with Gasteiger partial charge in [-0.1, -0.05) is 6.07 Å². The van der Waals surface area contributed by atoms with Gasteiger partial charge in [0, 0.05) is 38.1 Å². The molecule has 18 heavy (non-hydrogen) atoms. The van der Waals surface area contributed by atoms with E-state index in [-0.39, 0.29) is 5.03 Å². The van der Waals surface area contributed by atoms with Crippen LogP contribution in [0, 0.1) is 0 Å². The quantitative estimate of drug-likeness (QED) is 0.846. The number of nitrogens with zero attached hydrogens (tertiary/aromatic N) is 3. The van der Waals surface area contributed by atoms with Gasteiger partial charge >= 0.3 is 0 Å². The average molecular weight is 266 g/mol. The normalized spacial score (nSPS) is 11.6. The van der Waals surface area contributed by atoms with E-state index in [2.05, 4.69) is 14.7 Å². The molecule has 0 saturated carbocycles. The molecule has 0 unspecified atom stereocenters. The first-order valence-electron chi connectivity index (χ1n) is 5.45. The molecule has 0 atom stereocenters. The lowest BCUT2D eigenvalue weighted by atomic mass is 10.3. The van der Waals surface area contributed by atoms with Crippen LogP contribution in [0.1, 0.15) is 5.69 Å². The van der Waals surface area contributed by atoms with E-state index in [1.165, 1.54) is 12.5 Å². The summed E-state index contributed by atoms with van der Waals surface area (Å²) in [4.78, 5) is 7.93. The van der Waals surface area contributed by atoms with Crippen molar-refractivity contribution in [1.82, 2.24) is 19.3 Å². The van der Waals surface area contributed by atoms with E-state index in [1.54, 1.807) is 17.8 Å². The molecule has 0 amide bonds. The topological polar surface area (TPSA) is 76.9 Å². The molecule has 2 heterocycles. The zero-order valence-corrected chi connectivity index (χ0v) is 10.8. The van der Waals surface area contributed by atoms with Crippen LogP contribution in [0.25, 0.3) is 0 Å². The van der Waals surface area contributed by atoms with Crippen LogP contribution in [0.3, 0.4) is 0 Å². The minimum atomic E-state index is -3.52. The van der Waals surface area contributed by atoms with Gasteiger partial charge in [-0.05, 0) is 12.1 Å². The van der Waals surface area contributed by atoms with E-state index < -0.39 is 10.0 Å². The molecule has 1 N–H and O–H groups in total. The minimum absolute atomic E-state index is 0.0334. The molecular weight excluding hydrogens is 252 g/mol. The van der Waals surface area contributed by atoms with Crippen molar-refractivity contribution in [2.75, 3.05) is 6.54 Å². The van der Waals surface area contributed by atoms with Crippen molar-refractivity contribution in [3.8, 4) is 0 Å². The van der Waals surface area contributed by atoms with Crippen molar-refractivity contribution in [2.24, 2.45) is 7.05 Å². The summed E-state index contributed by atoms with van der Waals surface area (Å²) in [6.45, 7) is 0.302. The molecule has 0 fully saturated rings. The summed E-state index contributed by atoms with van der Waals surface area (Å²) in [6.07, 6.45) is 5.14. The Morgan fingerprint density at radius 2 is 2.17 bits per heavy atom. The van der Waals surface area contributed by atoms with Gasteiger partial charge in [-0.3, -0.25) is 4.98 Å². The molecule has 96 valence electrons. The highest BCUT2D eigenvalue weighted by atomic mass is 32.2. The molecule has 2 aromatic rings. The lowest BCUT2D eigenvalue weighted by Crippen LogP contribution is -2.26. The van der Waals surface area contributed by atoms with Crippen molar-refractivity contribution >= 4 is 10.0 Å². The molecule has 0 aliphatic carbocycles. The molecule has 7 heteroatoms. The minimum Gasteiger partial charge on any atom is -0.339 e. The second kappa shape index (κ2) is 5.28. The van der Waals surface area contributed by atoms with E-state index in [1.807, 2.05) is 18.2 Å². The van der Waals surface area contributed by atoms with Gasteiger partial charge in [0.1, 0.15) is 0 Å². The number of nitrogens with one attached hydrogen (secondary N) is 1. The van der Waals surface area contributed by atoms with Crippen LogP contribution in [0.5, 0.6) is 0 Å². The number of pyridine rings is 1. The smallest absolute Gasteiger partial charge is 0.259 e. The third-order valence-electron chi connectivity index (χ3n) is 2.36. The van der Waals surface area contributed by atoms with Crippen LogP contribution in [-0.4, -0.2) is 29.5 Å². The van der Waals surface area contributed by atoms with Crippen molar-refractivity contribution in [2.45, 2.75) is 11.4 Å². The monoisotopic (exact) mass is 266 g/mol. The van der Waals surface area contributed by atoms with Crippen LogP contribution < -0.4 is 4.72 Å². The standard InChI is InChI=1S/C11H14N4O2S/c1-15-8-11(13-9-15)18(16,17)14-7-5-10-4-2-3-6-12-10/h2-4,6,8-9,14H,5,7H2,1H3. The molecular formula is C11H14N4O2S. The molecule has 6 nitrogen and oxygen atoms in total. The summed E-state index contributed by atoms with van der Waals surface area (Å²) >= 11 is 0. The Balaban J connectivity index is 1.94. The van der Waals surface area contributed by atoms with Crippen LogP contribution in [0.2, 0.25) is 0 Å². The maximum Gasteiger partial charge on any atom is 0.259 e. The SMILES string of the molecule is Cn1cnc(S(=O)(=O)NCCc2ccccn2)c1. The van der Waals surface area contributed by atoms with Gasteiger partial charge in [0.2, 0.25) is 0 Å². The van der Waals surface area contributed by atoms with Crippen molar-refractivity contribution in [3.63, 3.8) is 0 Å². The first-order chi connectivity index (χ1) is 8.58. The molecule has 0 aliphatic heterocycles. The molecule has 0 radical (unpaired) electrons. The third kappa shape index (κ3) is 3.14. The maximum absolute atomic E-state index is 11.8. The fraction of sp³-hybridized carbons (Fsp3) is 0.273. The summed E-state index contributed by atoms with van der Waals surface area (Å²) < 4.78 is 27.7. The van der Waals surface area contributed by atoms with Gasteiger partial charge < -0.3 is 4.57 Å². The summed E-state index contributed by atoms with van der Waals surface area (Å²) in [6, 6.07) is 5.55. The third-order valence-corrected chi connectivity index (χ3v) is 3.70. The van der Waals surface area contributed by atoms with E-state index in [0.29, 0.717) is 13.0 Å². The van der Waals surface area contributed by atoms with Crippen LogP contribution >= 0.6 is 0 Å². The van der Waals surface area contributed by atoms with Crippen molar-refractivity contribution in [1.29, 1.82) is 0 Å². The highest BCUT2D eigenvalue weighted by Crippen LogP contribution is 2.03. The zero-order chi connectivity index (χ0) is 13.0. The van der Waals surface area contributed by atoms with Gasteiger partial charge in [-0.25, -0.2) is 18.1 Å². The van der Waals surface area contributed by atoms with E-state index >= 15 is 0 Å². The number of hydrogen-bond acceptors (Lipinski definition) is 4. The second-order valence-electron chi connectivity index (χ2n) is 3.85. The Labute approximate surface area is 106 Å². The number of hydrogen-bond donors (Lipinski definition) is 1. The Kier molecular flexibility index (Phi) is 3.73.